The van der Waals surface area contributed by atoms with Gasteiger partial charge in [-0.15, -0.1) is 11.3 Å². The van der Waals surface area contributed by atoms with Crippen LogP contribution in [0.2, 0.25) is 0 Å². The van der Waals surface area contributed by atoms with Gasteiger partial charge in [-0.1, -0.05) is 48.5 Å². The van der Waals surface area contributed by atoms with Crippen molar-refractivity contribution >= 4 is 22.9 Å². The van der Waals surface area contributed by atoms with Crippen LogP contribution in [0.5, 0.6) is 0 Å². The van der Waals surface area contributed by atoms with E-state index in [0.29, 0.717) is 11.4 Å². The average Bonchev–Trinajstić information content (AvgIpc) is 3.24. The predicted molar refractivity (Wildman–Crippen MR) is 115 cm³/mol. The first kappa shape index (κ1) is 18.7. The van der Waals surface area contributed by atoms with Gasteiger partial charge in [-0.25, -0.2) is 4.98 Å². The van der Waals surface area contributed by atoms with Gasteiger partial charge in [0.1, 0.15) is 9.88 Å². The maximum absolute atomic E-state index is 12.6. The molecule has 2 aromatic carbocycles. The van der Waals surface area contributed by atoms with E-state index < -0.39 is 0 Å². The number of nitrogens with one attached hydrogen (secondary N) is 1. The van der Waals surface area contributed by atoms with Gasteiger partial charge in [-0.2, -0.15) is 0 Å². The second kappa shape index (κ2) is 8.54. The summed E-state index contributed by atoms with van der Waals surface area (Å²) in [6.07, 6.45) is 1.66. The molecule has 6 heteroatoms. The highest BCUT2D eigenvalue weighted by Crippen LogP contribution is 2.25. The third-order valence-electron chi connectivity index (χ3n) is 5.03. The van der Waals surface area contributed by atoms with Gasteiger partial charge in [0.25, 0.3) is 5.91 Å². The molecule has 1 fully saturated rings. The molecule has 2 heterocycles. The van der Waals surface area contributed by atoms with E-state index in [1.807, 2.05) is 36.4 Å². The molecule has 0 spiro atoms. The van der Waals surface area contributed by atoms with Crippen molar-refractivity contribution in [3.05, 3.63) is 71.2 Å². The maximum Gasteiger partial charge on any atom is 0.263 e. The van der Waals surface area contributed by atoms with Crippen LogP contribution in [0.15, 0.2) is 60.8 Å². The second-order valence-electron chi connectivity index (χ2n) is 7.00. The van der Waals surface area contributed by atoms with Gasteiger partial charge in [-0.05, 0) is 18.7 Å². The van der Waals surface area contributed by atoms with E-state index in [4.69, 9.17) is 0 Å². The van der Waals surface area contributed by atoms with Gasteiger partial charge in [-0.3, -0.25) is 4.79 Å². The monoisotopic (exact) mass is 392 g/mol. The van der Waals surface area contributed by atoms with E-state index in [1.54, 1.807) is 6.20 Å². The summed E-state index contributed by atoms with van der Waals surface area (Å²) in [7, 11) is 2.15. The molecule has 28 heavy (non-hydrogen) atoms. The van der Waals surface area contributed by atoms with E-state index >= 15 is 0 Å². The SMILES string of the molecule is CN1CCN(c2ccccc2CNC(=O)c2cnc(-c3ccccc3)s2)CC1. The number of benzene rings is 2. The Labute approximate surface area is 169 Å². The molecule has 5 nitrogen and oxygen atoms in total. The lowest BCUT2D eigenvalue weighted by molar-refractivity contribution is 0.0955. The molecule has 0 atom stereocenters. The number of piperazine rings is 1. The molecule has 1 saturated heterocycles. The smallest absolute Gasteiger partial charge is 0.263 e. The Hall–Kier alpha value is -2.70. The number of thiazole rings is 1. The number of para-hydroxylation sites is 1. The number of hydrogen-bond donors (Lipinski definition) is 1. The van der Waals surface area contributed by atoms with Crippen LogP contribution in [0.1, 0.15) is 15.2 Å². The molecule has 3 aromatic rings. The number of likely N-dealkylation sites (N-methyl/N-ethyl adjacent to an activating group) is 1. The van der Waals surface area contributed by atoms with E-state index in [0.717, 1.165) is 42.3 Å². The molecule has 1 aliphatic rings. The average molecular weight is 393 g/mol. The Morgan fingerprint density at radius 2 is 1.75 bits per heavy atom. The number of amides is 1. The first-order valence-electron chi connectivity index (χ1n) is 9.51. The number of aromatic nitrogens is 1. The summed E-state index contributed by atoms with van der Waals surface area (Å²) in [5.74, 6) is -0.0761. The van der Waals surface area contributed by atoms with Crippen LogP contribution < -0.4 is 10.2 Å². The van der Waals surface area contributed by atoms with Gasteiger partial charge in [0.2, 0.25) is 0 Å². The molecule has 4 rings (SSSR count). The fourth-order valence-corrected chi connectivity index (χ4v) is 4.21. The summed E-state index contributed by atoms with van der Waals surface area (Å²) in [4.78, 5) is 22.4. The normalized spacial score (nSPS) is 14.8. The van der Waals surface area contributed by atoms with Crippen molar-refractivity contribution in [2.75, 3.05) is 38.1 Å². The van der Waals surface area contributed by atoms with Crippen LogP contribution in [0.3, 0.4) is 0 Å². The van der Waals surface area contributed by atoms with Crippen molar-refractivity contribution < 1.29 is 4.79 Å². The van der Waals surface area contributed by atoms with E-state index in [1.165, 1.54) is 17.0 Å². The van der Waals surface area contributed by atoms with Gasteiger partial charge < -0.3 is 15.1 Å². The van der Waals surface area contributed by atoms with Crippen LogP contribution in [0.25, 0.3) is 10.6 Å². The van der Waals surface area contributed by atoms with Gasteiger partial charge in [0, 0.05) is 44.0 Å². The van der Waals surface area contributed by atoms with Crippen molar-refractivity contribution in [2.24, 2.45) is 0 Å². The van der Waals surface area contributed by atoms with Crippen LogP contribution >= 0.6 is 11.3 Å². The Morgan fingerprint density at radius 3 is 2.54 bits per heavy atom. The molecule has 1 amide bonds. The predicted octanol–water partition coefficient (Wildman–Crippen LogP) is 3.49. The lowest BCUT2D eigenvalue weighted by Crippen LogP contribution is -2.45. The quantitative estimate of drug-likeness (QED) is 0.722. The van der Waals surface area contributed by atoms with E-state index in [9.17, 15) is 4.79 Å². The van der Waals surface area contributed by atoms with Gasteiger partial charge in [0.05, 0.1) is 6.20 Å². The Balaban J connectivity index is 1.42. The number of carbonyl (C=O) groups excluding carboxylic acids is 1. The zero-order chi connectivity index (χ0) is 19.3. The first-order valence-corrected chi connectivity index (χ1v) is 10.3. The Bertz CT molecular complexity index is 932. The summed E-state index contributed by atoms with van der Waals surface area (Å²) >= 11 is 1.42. The minimum Gasteiger partial charge on any atom is -0.369 e. The number of nitrogens with zero attached hydrogens (tertiary/aromatic N) is 3. The third-order valence-corrected chi connectivity index (χ3v) is 6.07. The Morgan fingerprint density at radius 1 is 1.04 bits per heavy atom. The fraction of sp³-hybridized carbons (Fsp3) is 0.273. The summed E-state index contributed by atoms with van der Waals surface area (Å²) in [5, 5.41) is 3.93. The minimum atomic E-state index is -0.0761. The maximum atomic E-state index is 12.6. The summed E-state index contributed by atoms with van der Waals surface area (Å²) < 4.78 is 0. The summed E-state index contributed by atoms with van der Waals surface area (Å²) in [6.45, 7) is 4.65. The zero-order valence-electron chi connectivity index (χ0n) is 16.0. The van der Waals surface area contributed by atoms with Crippen molar-refractivity contribution in [1.29, 1.82) is 0 Å². The van der Waals surface area contributed by atoms with Gasteiger partial charge >= 0.3 is 0 Å². The van der Waals surface area contributed by atoms with Crippen molar-refractivity contribution in [2.45, 2.75) is 6.54 Å². The molecule has 0 bridgehead atoms. The van der Waals surface area contributed by atoms with Gasteiger partial charge in [0.15, 0.2) is 0 Å². The molecule has 1 N–H and O–H groups in total. The van der Waals surface area contributed by atoms with Crippen molar-refractivity contribution in [1.82, 2.24) is 15.2 Å². The minimum absolute atomic E-state index is 0.0761. The molecular weight excluding hydrogens is 368 g/mol. The lowest BCUT2D eigenvalue weighted by Gasteiger charge is -2.35. The molecule has 0 saturated carbocycles. The lowest BCUT2D eigenvalue weighted by atomic mass is 10.1. The van der Waals surface area contributed by atoms with E-state index in [2.05, 4.69) is 45.3 Å². The second-order valence-corrected chi connectivity index (χ2v) is 8.03. The third kappa shape index (κ3) is 4.24. The van der Waals surface area contributed by atoms with Crippen molar-refractivity contribution in [3.63, 3.8) is 0 Å². The molecule has 0 unspecified atom stereocenters. The fourth-order valence-electron chi connectivity index (χ4n) is 3.37. The molecule has 1 aliphatic heterocycles. The highest BCUT2D eigenvalue weighted by atomic mass is 32.1. The van der Waals surface area contributed by atoms with Crippen LogP contribution in [0, 0.1) is 0 Å². The summed E-state index contributed by atoms with van der Waals surface area (Å²) in [5.41, 5.74) is 3.39. The standard InChI is InChI=1S/C22H24N4OS/c1-25-11-13-26(14-12-25)19-10-6-5-9-18(19)15-23-21(27)20-16-24-22(28-20)17-7-3-2-4-8-17/h2-10,16H,11-15H2,1H3,(H,23,27). The summed E-state index contributed by atoms with van der Waals surface area (Å²) in [6, 6.07) is 18.3. The topological polar surface area (TPSA) is 48.5 Å². The highest BCUT2D eigenvalue weighted by Gasteiger charge is 2.17. The number of anilines is 1. The zero-order valence-corrected chi connectivity index (χ0v) is 16.8. The first-order chi connectivity index (χ1) is 13.7. The highest BCUT2D eigenvalue weighted by molar-refractivity contribution is 7.16. The van der Waals surface area contributed by atoms with E-state index in [-0.39, 0.29) is 5.91 Å². The molecule has 1 aromatic heterocycles. The van der Waals surface area contributed by atoms with Crippen LogP contribution in [-0.4, -0.2) is 49.0 Å². The Kier molecular flexibility index (Phi) is 5.69. The molecule has 144 valence electrons. The van der Waals surface area contributed by atoms with Crippen LogP contribution in [0.4, 0.5) is 5.69 Å². The van der Waals surface area contributed by atoms with Crippen LogP contribution in [-0.2, 0) is 6.54 Å². The number of carbonyl (C=O) groups is 1. The number of rotatable bonds is 5. The molecular formula is C22H24N4OS. The molecule has 0 radical (unpaired) electrons. The van der Waals surface area contributed by atoms with Crippen molar-refractivity contribution in [3.8, 4) is 10.6 Å². The largest absolute Gasteiger partial charge is 0.369 e. The number of hydrogen-bond acceptors (Lipinski definition) is 5. The molecule has 0 aliphatic carbocycles.